The molecular formula is C14H4F10S. The molecule has 0 aromatic heterocycles. The standard InChI is InChI=1S/C14H4F10S/c15-5-3(6(16)10(20)13(23)9(5)19)1-25-2-4-7(17)11(21)14(24)12(22)8(4)18/h1-2H2. The van der Waals surface area contributed by atoms with Gasteiger partial charge < -0.3 is 0 Å². The van der Waals surface area contributed by atoms with Gasteiger partial charge >= 0.3 is 0 Å². The van der Waals surface area contributed by atoms with E-state index in [1.54, 1.807) is 0 Å². The molecule has 0 spiro atoms. The molecule has 0 nitrogen and oxygen atoms in total. The summed E-state index contributed by atoms with van der Waals surface area (Å²) < 4.78 is 131. The van der Waals surface area contributed by atoms with Crippen LogP contribution in [0.3, 0.4) is 0 Å². The smallest absolute Gasteiger partial charge is 0.200 e. The zero-order chi connectivity index (χ0) is 19.0. The van der Waals surface area contributed by atoms with Crippen molar-refractivity contribution in [3.63, 3.8) is 0 Å². The van der Waals surface area contributed by atoms with Crippen LogP contribution in [-0.2, 0) is 11.5 Å². The van der Waals surface area contributed by atoms with Crippen LogP contribution in [0.25, 0.3) is 0 Å². The van der Waals surface area contributed by atoms with Crippen LogP contribution >= 0.6 is 11.8 Å². The molecule has 0 saturated carbocycles. The molecule has 2 aromatic rings. The third kappa shape index (κ3) is 3.29. The fourth-order valence-electron chi connectivity index (χ4n) is 1.81. The lowest BCUT2D eigenvalue weighted by Crippen LogP contribution is -2.08. The fraction of sp³-hybridized carbons (Fsp3) is 0.143. The molecule has 11 heteroatoms. The van der Waals surface area contributed by atoms with Crippen LogP contribution < -0.4 is 0 Å². The van der Waals surface area contributed by atoms with Crippen molar-refractivity contribution >= 4 is 11.8 Å². The van der Waals surface area contributed by atoms with E-state index in [9.17, 15) is 43.9 Å². The van der Waals surface area contributed by atoms with Crippen molar-refractivity contribution in [3.8, 4) is 0 Å². The van der Waals surface area contributed by atoms with Crippen molar-refractivity contribution in [3.05, 3.63) is 69.3 Å². The molecule has 25 heavy (non-hydrogen) atoms. The second-order valence-corrected chi connectivity index (χ2v) is 5.58. The first kappa shape index (κ1) is 19.4. The van der Waals surface area contributed by atoms with Crippen molar-refractivity contribution in [2.45, 2.75) is 11.5 Å². The summed E-state index contributed by atoms with van der Waals surface area (Å²) in [5.41, 5.74) is -2.57. The number of thioether (sulfide) groups is 1. The fourth-order valence-corrected chi connectivity index (χ4v) is 2.83. The molecule has 136 valence electrons. The van der Waals surface area contributed by atoms with E-state index in [4.69, 9.17) is 0 Å². The van der Waals surface area contributed by atoms with Gasteiger partial charge in [-0.3, -0.25) is 0 Å². The van der Waals surface area contributed by atoms with Crippen LogP contribution in [0.5, 0.6) is 0 Å². The van der Waals surface area contributed by atoms with Crippen molar-refractivity contribution in [2.75, 3.05) is 0 Å². The van der Waals surface area contributed by atoms with Crippen LogP contribution in [0.15, 0.2) is 0 Å². The van der Waals surface area contributed by atoms with Crippen LogP contribution in [0, 0.1) is 58.2 Å². The highest BCUT2D eigenvalue weighted by molar-refractivity contribution is 7.97. The third-order valence-corrected chi connectivity index (χ3v) is 4.08. The van der Waals surface area contributed by atoms with E-state index in [2.05, 4.69) is 0 Å². The highest BCUT2D eigenvalue weighted by atomic mass is 32.2. The van der Waals surface area contributed by atoms with E-state index in [-0.39, 0.29) is 11.8 Å². The lowest BCUT2D eigenvalue weighted by Gasteiger charge is -2.10. The quantitative estimate of drug-likeness (QED) is 0.374. The Bertz CT molecular complexity index is 721. The Morgan fingerprint density at radius 2 is 0.560 bits per heavy atom. The van der Waals surface area contributed by atoms with Gasteiger partial charge in [-0.25, -0.2) is 43.9 Å². The van der Waals surface area contributed by atoms with E-state index < -0.39 is 80.8 Å². The molecule has 0 fully saturated rings. The van der Waals surface area contributed by atoms with Crippen molar-refractivity contribution in [1.29, 1.82) is 0 Å². The number of hydrogen-bond acceptors (Lipinski definition) is 1. The van der Waals surface area contributed by atoms with E-state index >= 15 is 0 Å². The van der Waals surface area contributed by atoms with Gasteiger partial charge in [-0.1, -0.05) is 0 Å². The molecule has 0 unspecified atom stereocenters. The first-order valence-electron chi connectivity index (χ1n) is 6.17. The highest BCUT2D eigenvalue weighted by Crippen LogP contribution is 2.30. The van der Waals surface area contributed by atoms with Gasteiger partial charge in [0.05, 0.1) is 0 Å². The van der Waals surface area contributed by atoms with Gasteiger partial charge in [-0.05, 0) is 0 Å². The summed E-state index contributed by atoms with van der Waals surface area (Å²) in [6.07, 6.45) is 0. The first-order chi connectivity index (χ1) is 11.6. The minimum absolute atomic E-state index is 0.191. The van der Waals surface area contributed by atoms with E-state index in [0.29, 0.717) is 0 Å². The molecular weight excluding hydrogens is 390 g/mol. The number of benzene rings is 2. The molecule has 0 aliphatic carbocycles. The average Bonchev–Trinajstić information content (AvgIpc) is 2.60. The van der Waals surface area contributed by atoms with Gasteiger partial charge in [-0.2, -0.15) is 11.8 Å². The molecule has 2 aromatic carbocycles. The molecule has 0 aliphatic rings. The van der Waals surface area contributed by atoms with Gasteiger partial charge in [0.25, 0.3) is 0 Å². The summed E-state index contributed by atoms with van der Waals surface area (Å²) >= 11 is 0.191. The lowest BCUT2D eigenvalue weighted by molar-refractivity contribution is 0.372. The maximum absolute atomic E-state index is 13.4. The summed E-state index contributed by atoms with van der Waals surface area (Å²) in [5, 5.41) is 0. The molecule has 0 saturated heterocycles. The zero-order valence-corrected chi connectivity index (χ0v) is 12.4. The predicted molar refractivity (Wildman–Crippen MR) is 67.5 cm³/mol. The molecule has 0 radical (unpaired) electrons. The third-order valence-electron chi connectivity index (χ3n) is 3.09. The molecule has 0 N–H and O–H groups in total. The molecule has 0 atom stereocenters. The first-order valence-corrected chi connectivity index (χ1v) is 7.33. The SMILES string of the molecule is Fc1c(F)c(F)c(CSCc2c(F)c(F)c(F)c(F)c2F)c(F)c1F. The van der Waals surface area contributed by atoms with Crippen LogP contribution in [-0.4, -0.2) is 0 Å². The Morgan fingerprint density at radius 3 is 0.800 bits per heavy atom. The number of halogens is 10. The van der Waals surface area contributed by atoms with Gasteiger partial charge in [0.1, 0.15) is 0 Å². The van der Waals surface area contributed by atoms with E-state index in [1.807, 2.05) is 0 Å². The van der Waals surface area contributed by atoms with Gasteiger partial charge in [0, 0.05) is 22.6 Å². The predicted octanol–water partition coefficient (Wildman–Crippen LogP) is 5.51. The zero-order valence-electron chi connectivity index (χ0n) is 11.6. The lowest BCUT2D eigenvalue weighted by atomic mass is 10.2. The number of hydrogen-bond donors (Lipinski definition) is 0. The Labute approximate surface area is 137 Å². The van der Waals surface area contributed by atoms with E-state index in [0.717, 1.165) is 0 Å². The summed E-state index contributed by atoms with van der Waals surface area (Å²) in [4.78, 5) is 0. The van der Waals surface area contributed by atoms with Crippen molar-refractivity contribution in [2.24, 2.45) is 0 Å². The number of rotatable bonds is 4. The van der Waals surface area contributed by atoms with Gasteiger partial charge in [0.2, 0.25) is 11.6 Å². The molecule has 0 amide bonds. The second-order valence-electron chi connectivity index (χ2n) is 4.59. The summed E-state index contributed by atoms with van der Waals surface area (Å²) in [6, 6.07) is 0. The van der Waals surface area contributed by atoms with Crippen molar-refractivity contribution < 1.29 is 43.9 Å². The topological polar surface area (TPSA) is 0 Å². The van der Waals surface area contributed by atoms with Crippen LogP contribution in [0.4, 0.5) is 43.9 Å². The summed E-state index contributed by atoms with van der Waals surface area (Å²) in [5.74, 6) is -24.2. The summed E-state index contributed by atoms with van der Waals surface area (Å²) in [7, 11) is 0. The summed E-state index contributed by atoms with van der Waals surface area (Å²) in [6.45, 7) is 0. The normalized spacial score (nSPS) is 11.3. The molecule has 2 rings (SSSR count). The maximum Gasteiger partial charge on any atom is 0.200 e. The molecule has 0 aliphatic heterocycles. The minimum Gasteiger partial charge on any atom is -0.203 e. The highest BCUT2D eigenvalue weighted by Gasteiger charge is 2.27. The Morgan fingerprint density at radius 1 is 0.360 bits per heavy atom. The molecule has 0 heterocycles. The van der Waals surface area contributed by atoms with Gasteiger partial charge in [0.15, 0.2) is 46.5 Å². The Balaban J connectivity index is 2.29. The largest absolute Gasteiger partial charge is 0.203 e. The minimum atomic E-state index is -2.39. The van der Waals surface area contributed by atoms with Crippen LogP contribution in [0.1, 0.15) is 11.1 Å². The average molecular weight is 394 g/mol. The van der Waals surface area contributed by atoms with Gasteiger partial charge in [-0.15, -0.1) is 0 Å². The maximum atomic E-state index is 13.4. The second kappa shape index (κ2) is 7.14. The van der Waals surface area contributed by atoms with Crippen LogP contribution in [0.2, 0.25) is 0 Å². The monoisotopic (exact) mass is 394 g/mol. The molecule has 0 bridgehead atoms. The Hall–Kier alpha value is -1.91. The van der Waals surface area contributed by atoms with Crippen molar-refractivity contribution in [1.82, 2.24) is 0 Å². The van der Waals surface area contributed by atoms with E-state index in [1.165, 1.54) is 0 Å². The Kier molecular flexibility index (Phi) is 5.55.